The van der Waals surface area contributed by atoms with Crippen LogP contribution in [0.5, 0.6) is 0 Å². The quantitative estimate of drug-likeness (QED) is 0.680. The van der Waals surface area contributed by atoms with Crippen molar-refractivity contribution in [2.24, 2.45) is 5.92 Å². The second-order valence-corrected chi connectivity index (χ2v) is 4.29. The molecule has 0 spiro atoms. The molecule has 0 aliphatic heterocycles. The fraction of sp³-hybridized carbons (Fsp3) is 0.417. The second kappa shape index (κ2) is 4.43. The van der Waals surface area contributed by atoms with Gasteiger partial charge in [-0.1, -0.05) is 6.42 Å². The smallest absolute Gasteiger partial charge is 0.335 e. The standard InChI is InChI=1S/C12H16N2O2/c13-10-6-9(12(15)16)4-5-11(10)14-7-8-2-1-3-8/h4-6,8,14H,1-3,7,13H2,(H,15,16). The molecule has 0 bridgehead atoms. The monoisotopic (exact) mass is 220 g/mol. The van der Waals surface area contributed by atoms with E-state index in [1.54, 1.807) is 12.1 Å². The van der Waals surface area contributed by atoms with Crippen LogP contribution in [-0.4, -0.2) is 17.6 Å². The first kappa shape index (κ1) is 10.8. The number of nitrogens with one attached hydrogen (secondary N) is 1. The summed E-state index contributed by atoms with van der Waals surface area (Å²) in [7, 11) is 0. The summed E-state index contributed by atoms with van der Waals surface area (Å²) >= 11 is 0. The zero-order chi connectivity index (χ0) is 11.5. The van der Waals surface area contributed by atoms with Gasteiger partial charge in [0.25, 0.3) is 0 Å². The van der Waals surface area contributed by atoms with E-state index in [0.717, 1.165) is 18.2 Å². The minimum atomic E-state index is -0.947. The van der Waals surface area contributed by atoms with Gasteiger partial charge in [0.05, 0.1) is 16.9 Å². The fourth-order valence-corrected chi connectivity index (χ4v) is 1.81. The van der Waals surface area contributed by atoms with Crippen LogP contribution in [0.3, 0.4) is 0 Å². The zero-order valence-electron chi connectivity index (χ0n) is 9.07. The third-order valence-electron chi connectivity index (χ3n) is 3.10. The summed E-state index contributed by atoms with van der Waals surface area (Å²) in [6, 6.07) is 4.80. The van der Waals surface area contributed by atoms with Gasteiger partial charge in [-0.2, -0.15) is 0 Å². The van der Waals surface area contributed by atoms with E-state index in [0.29, 0.717) is 5.69 Å². The highest BCUT2D eigenvalue weighted by Gasteiger charge is 2.17. The van der Waals surface area contributed by atoms with E-state index in [9.17, 15) is 4.79 Å². The molecule has 0 amide bonds. The van der Waals surface area contributed by atoms with Crippen LogP contribution >= 0.6 is 0 Å². The average molecular weight is 220 g/mol. The van der Waals surface area contributed by atoms with Gasteiger partial charge in [-0.25, -0.2) is 4.79 Å². The van der Waals surface area contributed by atoms with Crippen molar-refractivity contribution in [1.82, 2.24) is 0 Å². The number of hydrogen-bond donors (Lipinski definition) is 3. The maximum Gasteiger partial charge on any atom is 0.335 e. The van der Waals surface area contributed by atoms with E-state index < -0.39 is 5.97 Å². The summed E-state index contributed by atoms with van der Waals surface area (Å²) in [5.74, 6) is -0.198. The summed E-state index contributed by atoms with van der Waals surface area (Å²) in [6.45, 7) is 0.927. The highest BCUT2D eigenvalue weighted by Crippen LogP contribution is 2.27. The second-order valence-electron chi connectivity index (χ2n) is 4.29. The van der Waals surface area contributed by atoms with E-state index in [-0.39, 0.29) is 5.56 Å². The Morgan fingerprint density at radius 1 is 1.50 bits per heavy atom. The van der Waals surface area contributed by atoms with Gasteiger partial charge < -0.3 is 16.2 Å². The Kier molecular flexibility index (Phi) is 2.99. The molecule has 1 aromatic rings. The molecule has 0 aromatic heterocycles. The van der Waals surface area contributed by atoms with E-state index in [1.807, 2.05) is 0 Å². The minimum absolute atomic E-state index is 0.228. The summed E-state index contributed by atoms with van der Waals surface area (Å²) < 4.78 is 0. The number of nitrogen functional groups attached to an aromatic ring is 1. The number of carboxylic acids is 1. The number of anilines is 2. The maximum absolute atomic E-state index is 10.7. The Balaban J connectivity index is 2.00. The van der Waals surface area contributed by atoms with Crippen molar-refractivity contribution in [3.63, 3.8) is 0 Å². The highest BCUT2D eigenvalue weighted by molar-refractivity contribution is 5.90. The molecule has 1 aliphatic carbocycles. The molecule has 1 fully saturated rings. The molecule has 16 heavy (non-hydrogen) atoms. The van der Waals surface area contributed by atoms with Crippen LogP contribution < -0.4 is 11.1 Å². The van der Waals surface area contributed by atoms with Crippen LogP contribution in [0.25, 0.3) is 0 Å². The van der Waals surface area contributed by atoms with Crippen molar-refractivity contribution in [2.45, 2.75) is 19.3 Å². The normalized spacial score (nSPS) is 15.5. The highest BCUT2D eigenvalue weighted by atomic mass is 16.4. The first-order chi connectivity index (χ1) is 7.66. The lowest BCUT2D eigenvalue weighted by Crippen LogP contribution is -2.21. The molecule has 4 nitrogen and oxygen atoms in total. The Morgan fingerprint density at radius 3 is 2.75 bits per heavy atom. The summed E-state index contributed by atoms with van der Waals surface area (Å²) in [5, 5.41) is 12.1. The molecule has 0 heterocycles. The van der Waals surface area contributed by atoms with E-state index >= 15 is 0 Å². The maximum atomic E-state index is 10.7. The number of aromatic carboxylic acids is 1. The lowest BCUT2D eigenvalue weighted by atomic mass is 9.85. The van der Waals surface area contributed by atoms with Crippen molar-refractivity contribution in [1.29, 1.82) is 0 Å². The van der Waals surface area contributed by atoms with Crippen LogP contribution in [0.15, 0.2) is 18.2 Å². The molecule has 0 atom stereocenters. The number of nitrogens with two attached hydrogens (primary N) is 1. The predicted molar refractivity (Wildman–Crippen MR) is 63.6 cm³/mol. The molecule has 1 aromatic carbocycles. The van der Waals surface area contributed by atoms with Gasteiger partial charge in [-0.05, 0) is 37.0 Å². The minimum Gasteiger partial charge on any atom is -0.478 e. The molecule has 2 rings (SSSR count). The van der Waals surface area contributed by atoms with Crippen LogP contribution in [0, 0.1) is 5.92 Å². The zero-order valence-corrected chi connectivity index (χ0v) is 9.07. The Bertz CT molecular complexity index is 400. The Hall–Kier alpha value is -1.71. The summed E-state index contributed by atoms with van der Waals surface area (Å²) in [4.78, 5) is 10.7. The first-order valence-corrected chi connectivity index (χ1v) is 5.53. The van der Waals surface area contributed by atoms with Crippen LogP contribution in [0.1, 0.15) is 29.6 Å². The molecule has 0 unspecified atom stereocenters. The fourth-order valence-electron chi connectivity index (χ4n) is 1.81. The SMILES string of the molecule is Nc1cc(C(=O)O)ccc1NCC1CCC1. The van der Waals surface area contributed by atoms with Crippen molar-refractivity contribution >= 4 is 17.3 Å². The first-order valence-electron chi connectivity index (χ1n) is 5.53. The largest absolute Gasteiger partial charge is 0.478 e. The molecule has 1 saturated carbocycles. The molecule has 0 radical (unpaired) electrons. The third kappa shape index (κ3) is 2.27. The lowest BCUT2D eigenvalue weighted by Gasteiger charge is -2.26. The van der Waals surface area contributed by atoms with Gasteiger partial charge in [0.2, 0.25) is 0 Å². The van der Waals surface area contributed by atoms with Gasteiger partial charge in [0, 0.05) is 6.54 Å². The summed E-state index contributed by atoms with van der Waals surface area (Å²) in [6.07, 6.45) is 3.88. The number of carboxylic acid groups (broad SMARTS) is 1. The number of hydrogen-bond acceptors (Lipinski definition) is 3. The number of carbonyl (C=O) groups is 1. The molecule has 4 heteroatoms. The molecule has 1 aliphatic rings. The van der Waals surface area contributed by atoms with E-state index in [4.69, 9.17) is 10.8 Å². The molecule has 86 valence electrons. The van der Waals surface area contributed by atoms with Gasteiger partial charge in [0.15, 0.2) is 0 Å². The molecule has 0 saturated heterocycles. The Labute approximate surface area is 94.5 Å². The van der Waals surface area contributed by atoms with Crippen molar-refractivity contribution in [2.75, 3.05) is 17.6 Å². The van der Waals surface area contributed by atoms with Gasteiger partial charge in [-0.15, -0.1) is 0 Å². The van der Waals surface area contributed by atoms with E-state index in [1.165, 1.54) is 25.3 Å². The average Bonchev–Trinajstić information content (AvgIpc) is 2.17. The Morgan fingerprint density at radius 2 is 2.25 bits per heavy atom. The number of rotatable bonds is 4. The molecule has 4 N–H and O–H groups in total. The predicted octanol–water partition coefficient (Wildman–Crippen LogP) is 2.18. The van der Waals surface area contributed by atoms with Crippen molar-refractivity contribution < 1.29 is 9.90 Å². The van der Waals surface area contributed by atoms with Crippen LogP contribution in [0.2, 0.25) is 0 Å². The van der Waals surface area contributed by atoms with Crippen molar-refractivity contribution in [3.8, 4) is 0 Å². The lowest BCUT2D eigenvalue weighted by molar-refractivity contribution is 0.0697. The molecular formula is C12H16N2O2. The third-order valence-corrected chi connectivity index (χ3v) is 3.10. The van der Waals surface area contributed by atoms with Gasteiger partial charge in [-0.3, -0.25) is 0 Å². The molecular weight excluding hydrogens is 204 g/mol. The number of benzene rings is 1. The van der Waals surface area contributed by atoms with Crippen LogP contribution in [0.4, 0.5) is 11.4 Å². The van der Waals surface area contributed by atoms with Gasteiger partial charge >= 0.3 is 5.97 Å². The summed E-state index contributed by atoms with van der Waals surface area (Å²) in [5.41, 5.74) is 7.34. The van der Waals surface area contributed by atoms with Crippen molar-refractivity contribution in [3.05, 3.63) is 23.8 Å². The topological polar surface area (TPSA) is 75.4 Å². The van der Waals surface area contributed by atoms with Crippen LogP contribution in [-0.2, 0) is 0 Å². The van der Waals surface area contributed by atoms with E-state index in [2.05, 4.69) is 5.32 Å². The van der Waals surface area contributed by atoms with Gasteiger partial charge in [0.1, 0.15) is 0 Å².